The van der Waals surface area contributed by atoms with Gasteiger partial charge in [-0.25, -0.2) is 14.4 Å². The van der Waals surface area contributed by atoms with Crippen molar-refractivity contribution in [3.63, 3.8) is 0 Å². The lowest BCUT2D eigenvalue weighted by Crippen LogP contribution is -2.02. The zero-order valence-corrected chi connectivity index (χ0v) is 12.8. The van der Waals surface area contributed by atoms with E-state index in [1.54, 1.807) is 18.2 Å². The van der Waals surface area contributed by atoms with Gasteiger partial charge in [0.25, 0.3) is 0 Å². The summed E-state index contributed by atoms with van der Waals surface area (Å²) >= 11 is 5.85. The van der Waals surface area contributed by atoms with E-state index < -0.39 is 0 Å². The Bertz CT molecular complexity index is 796. The van der Waals surface area contributed by atoms with Crippen molar-refractivity contribution in [2.75, 3.05) is 5.32 Å². The van der Waals surface area contributed by atoms with Crippen LogP contribution in [0.4, 0.5) is 10.2 Å². The lowest BCUT2D eigenvalue weighted by atomic mass is 10.2. The predicted octanol–water partition coefficient (Wildman–Crippen LogP) is 4.67. The number of rotatable bonds is 5. The SMILES string of the molecule is Fc1cccc(Oc2cc(NCc3ccc(Cl)cc3)ncn2)c1. The van der Waals surface area contributed by atoms with Crippen molar-refractivity contribution >= 4 is 17.4 Å². The summed E-state index contributed by atoms with van der Waals surface area (Å²) in [4.78, 5) is 8.15. The number of anilines is 1. The molecule has 2 aromatic carbocycles. The van der Waals surface area contributed by atoms with E-state index in [-0.39, 0.29) is 5.82 Å². The van der Waals surface area contributed by atoms with Crippen LogP contribution in [0.2, 0.25) is 5.02 Å². The van der Waals surface area contributed by atoms with E-state index in [1.165, 1.54) is 18.5 Å². The maximum absolute atomic E-state index is 13.2. The fourth-order valence-electron chi connectivity index (χ4n) is 1.94. The number of aromatic nitrogens is 2. The predicted molar refractivity (Wildman–Crippen MR) is 87.3 cm³/mol. The molecule has 0 bridgehead atoms. The zero-order chi connectivity index (χ0) is 16.1. The number of hydrogen-bond acceptors (Lipinski definition) is 4. The minimum Gasteiger partial charge on any atom is -0.439 e. The highest BCUT2D eigenvalue weighted by Gasteiger charge is 2.03. The number of benzene rings is 2. The molecular formula is C17H13ClFN3O. The van der Waals surface area contributed by atoms with Gasteiger partial charge in [-0.3, -0.25) is 0 Å². The molecule has 3 aromatic rings. The third kappa shape index (κ3) is 4.40. The summed E-state index contributed by atoms with van der Waals surface area (Å²) in [7, 11) is 0. The van der Waals surface area contributed by atoms with E-state index in [9.17, 15) is 4.39 Å². The van der Waals surface area contributed by atoms with Gasteiger partial charge in [0.15, 0.2) is 0 Å². The fraction of sp³-hybridized carbons (Fsp3) is 0.0588. The molecule has 0 aliphatic heterocycles. The highest BCUT2D eigenvalue weighted by atomic mass is 35.5. The van der Waals surface area contributed by atoms with Crippen molar-refractivity contribution in [3.8, 4) is 11.6 Å². The molecule has 0 atom stereocenters. The molecular weight excluding hydrogens is 317 g/mol. The van der Waals surface area contributed by atoms with Crippen molar-refractivity contribution in [2.24, 2.45) is 0 Å². The lowest BCUT2D eigenvalue weighted by molar-refractivity contribution is 0.457. The van der Waals surface area contributed by atoms with E-state index in [0.717, 1.165) is 5.56 Å². The molecule has 0 radical (unpaired) electrons. The molecule has 116 valence electrons. The Balaban J connectivity index is 1.66. The van der Waals surface area contributed by atoms with Crippen LogP contribution in [-0.4, -0.2) is 9.97 Å². The molecule has 0 fully saturated rings. The average molecular weight is 330 g/mol. The molecule has 0 aliphatic carbocycles. The van der Waals surface area contributed by atoms with Crippen molar-refractivity contribution in [1.29, 1.82) is 0 Å². The van der Waals surface area contributed by atoms with Crippen LogP contribution in [0.3, 0.4) is 0 Å². The van der Waals surface area contributed by atoms with E-state index in [2.05, 4.69) is 15.3 Å². The molecule has 6 heteroatoms. The van der Waals surface area contributed by atoms with Crippen molar-refractivity contribution in [1.82, 2.24) is 9.97 Å². The van der Waals surface area contributed by atoms with Gasteiger partial charge < -0.3 is 10.1 Å². The van der Waals surface area contributed by atoms with Crippen LogP contribution in [0.1, 0.15) is 5.56 Å². The molecule has 0 aliphatic rings. The largest absolute Gasteiger partial charge is 0.439 e. The van der Waals surface area contributed by atoms with Gasteiger partial charge in [0.2, 0.25) is 5.88 Å². The first kappa shape index (κ1) is 15.2. The van der Waals surface area contributed by atoms with E-state index in [4.69, 9.17) is 16.3 Å². The molecule has 3 rings (SSSR count). The maximum atomic E-state index is 13.2. The smallest absolute Gasteiger partial charge is 0.224 e. The van der Waals surface area contributed by atoms with Crippen LogP contribution >= 0.6 is 11.6 Å². The zero-order valence-electron chi connectivity index (χ0n) is 12.0. The van der Waals surface area contributed by atoms with Gasteiger partial charge in [-0.2, -0.15) is 0 Å². The van der Waals surface area contributed by atoms with Crippen molar-refractivity contribution in [3.05, 3.63) is 77.3 Å². The summed E-state index contributed by atoms with van der Waals surface area (Å²) in [5, 5.41) is 3.87. The standard InChI is InChI=1S/C17H13ClFN3O/c18-13-6-4-12(5-7-13)10-20-16-9-17(22-11-21-16)23-15-3-1-2-14(19)8-15/h1-9,11H,10H2,(H,20,21,22). The molecule has 4 nitrogen and oxygen atoms in total. The summed E-state index contributed by atoms with van der Waals surface area (Å²) in [6.45, 7) is 0.591. The number of nitrogens with one attached hydrogen (secondary N) is 1. The van der Waals surface area contributed by atoms with Gasteiger partial charge in [0.05, 0.1) is 0 Å². The first-order valence-electron chi connectivity index (χ1n) is 6.93. The van der Waals surface area contributed by atoms with Gasteiger partial charge in [0, 0.05) is 23.7 Å². The fourth-order valence-corrected chi connectivity index (χ4v) is 2.06. The van der Waals surface area contributed by atoms with Crippen LogP contribution < -0.4 is 10.1 Å². The van der Waals surface area contributed by atoms with Gasteiger partial charge in [-0.05, 0) is 29.8 Å². The van der Waals surface area contributed by atoms with Gasteiger partial charge in [-0.1, -0.05) is 29.8 Å². The Hall–Kier alpha value is -2.66. The minimum absolute atomic E-state index is 0.337. The third-order valence-corrected chi connectivity index (χ3v) is 3.30. The Morgan fingerprint density at radius 1 is 1.04 bits per heavy atom. The lowest BCUT2D eigenvalue weighted by Gasteiger charge is -2.08. The number of halogens is 2. The highest BCUT2D eigenvalue weighted by molar-refractivity contribution is 6.30. The van der Waals surface area contributed by atoms with E-state index in [1.807, 2.05) is 24.3 Å². The second-order valence-electron chi connectivity index (χ2n) is 4.78. The Morgan fingerprint density at radius 2 is 1.87 bits per heavy atom. The number of hydrogen-bond donors (Lipinski definition) is 1. The molecule has 1 heterocycles. The Morgan fingerprint density at radius 3 is 2.65 bits per heavy atom. The molecule has 0 unspecified atom stereocenters. The first-order chi connectivity index (χ1) is 11.2. The summed E-state index contributed by atoms with van der Waals surface area (Å²) < 4.78 is 18.7. The molecule has 0 amide bonds. The van der Waals surface area contributed by atoms with Crippen LogP contribution in [0.5, 0.6) is 11.6 Å². The maximum Gasteiger partial charge on any atom is 0.224 e. The summed E-state index contributed by atoms with van der Waals surface area (Å²) in [6.07, 6.45) is 1.39. The number of nitrogens with zero attached hydrogens (tertiary/aromatic N) is 2. The summed E-state index contributed by atoms with van der Waals surface area (Å²) in [5.74, 6) is 0.968. The second-order valence-corrected chi connectivity index (χ2v) is 5.22. The van der Waals surface area contributed by atoms with Gasteiger partial charge in [-0.15, -0.1) is 0 Å². The van der Waals surface area contributed by atoms with Crippen LogP contribution in [-0.2, 0) is 6.54 Å². The molecule has 0 saturated carbocycles. The Labute approximate surface area is 137 Å². The normalized spacial score (nSPS) is 10.3. The van der Waals surface area contributed by atoms with E-state index in [0.29, 0.717) is 29.0 Å². The van der Waals surface area contributed by atoms with Crippen LogP contribution in [0.25, 0.3) is 0 Å². The molecule has 1 N–H and O–H groups in total. The van der Waals surface area contributed by atoms with Gasteiger partial charge in [0.1, 0.15) is 23.7 Å². The van der Waals surface area contributed by atoms with Crippen LogP contribution in [0, 0.1) is 5.82 Å². The van der Waals surface area contributed by atoms with Crippen LogP contribution in [0.15, 0.2) is 60.9 Å². The Kier molecular flexibility index (Phi) is 4.68. The summed E-state index contributed by atoms with van der Waals surface area (Å²) in [5.41, 5.74) is 1.07. The topological polar surface area (TPSA) is 47.0 Å². The van der Waals surface area contributed by atoms with Crippen molar-refractivity contribution < 1.29 is 9.13 Å². The van der Waals surface area contributed by atoms with Gasteiger partial charge >= 0.3 is 0 Å². The molecule has 0 spiro atoms. The average Bonchev–Trinajstić information content (AvgIpc) is 2.55. The molecule has 1 aromatic heterocycles. The first-order valence-corrected chi connectivity index (χ1v) is 7.30. The third-order valence-electron chi connectivity index (χ3n) is 3.05. The second kappa shape index (κ2) is 7.07. The monoisotopic (exact) mass is 329 g/mol. The minimum atomic E-state index is -0.363. The number of ether oxygens (including phenoxy) is 1. The molecule has 0 saturated heterocycles. The quantitative estimate of drug-likeness (QED) is 0.738. The summed E-state index contributed by atoms with van der Waals surface area (Å²) in [6, 6.07) is 15.1. The van der Waals surface area contributed by atoms with E-state index >= 15 is 0 Å². The van der Waals surface area contributed by atoms with Crippen molar-refractivity contribution in [2.45, 2.75) is 6.54 Å². The molecule has 23 heavy (non-hydrogen) atoms. The highest BCUT2D eigenvalue weighted by Crippen LogP contribution is 2.21.